The lowest BCUT2D eigenvalue weighted by molar-refractivity contribution is -0.128. The van der Waals surface area contributed by atoms with E-state index in [-0.39, 0.29) is 12.2 Å². The molecular weight excluding hydrogens is 332 g/mol. The lowest BCUT2D eigenvalue weighted by Gasteiger charge is -2.33. The Labute approximate surface area is 138 Å². The molecule has 0 aromatic carbocycles. The van der Waals surface area contributed by atoms with Gasteiger partial charge in [-0.25, -0.2) is 0 Å². The molecule has 22 heavy (non-hydrogen) atoms. The van der Waals surface area contributed by atoms with Crippen molar-refractivity contribution in [1.29, 1.82) is 0 Å². The molecule has 0 unspecified atom stereocenters. The average Bonchev–Trinajstić information content (AvgIpc) is 2.49. The third-order valence-corrected chi connectivity index (χ3v) is 5.94. The molecule has 1 heterocycles. The van der Waals surface area contributed by atoms with Crippen molar-refractivity contribution < 1.29 is 23.1 Å². The highest BCUT2D eigenvalue weighted by molar-refractivity contribution is 6.70. The SMILES string of the molecule is C[Si](C)(C)OC[C@H]1O[C@H](O)[C@@H](O[Si](C)(C)C)[C@@H]1O[Si](C)(C)C. The maximum absolute atomic E-state index is 10.3. The van der Waals surface area contributed by atoms with Crippen molar-refractivity contribution in [2.45, 2.75) is 83.5 Å². The van der Waals surface area contributed by atoms with E-state index in [0.717, 1.165) is 0 Å². The summed E-state index contributed by atoms with van der Waals surface area (Å²) in [5.74, 6) is 0. The second kappa shape index (κ2) is 7.14. The van der Waals surface area contributed by atoms with E-state index in [1.807, 2.05) is 0 Å². The van der Waals surface area contributed by atoms with Crippen LogP contribution in [0.15, 0.2) is 0 Å². The van der Waals surface area contributed by atoms with Gasteiger partial charge in [-0.15, -0.1) is 0 Å². The van der Waals surface area contributed by atoms with Gasteiger partial charge >= 0.3 is 0 Å². The normalized spacial score (nSPS) is 30.8. The Bertz CT molecular complexity index is 359. The largest absolute Gasteiger partial charge is 0.415 e. The van der Waals surface area contributed by atoms with Crippen LogP contribution in [0.4, 0.5) is 0 Å². The van der Waals surface area contributed by atoms with Gasteiger partial charge in [0.25, 0.3) is 0 Å². The van der Waals surface area contributed by atoms with Crippen LogP contribution in [0.3, 0.4) is 0 Å². The maximum atomic E-state index is 10.3. The Balaban J connectivity index is 2.87. The van der Waals surface area contributed by atoms with Crippen molar-refractivity contribution in [3.63, 3.8) is 0 Å². The molecule has 1 rings (SSSR count). The minimum atomic E-state index is -1.81. The predicted octanol–water partition coefficient (Wildman–Crippen LogP) is 3.00. The van der Waals surface area contributed by atoms with Gasteiger partial charge in [0.2, 0.25) is 0 Å². The summed E-state index contributed by atoms with van der Waals surface area (Å²) in [4.78, 5) is 0. The quantitative estimate of drug-likeness (QED) is 0.702. The Morgan fingerprint density at radius 3 is 1.64 bits per heavy atom. The monoisotopic (exact) mass is 366 g/mol. The maximum Gasteiger partial charge on any atom is 0.184 e. The number of aliphatic hydroxyl groups is 1. The summed E-state index contributed by atoms with van der Waals surface area (Å²) in [6.45, 7) is 19.6. The average molecular weight is 367 g/mol. The second-order valence-corrected chi connectivity index (χ2v) is 22.3. The molecule has 1 saturated heterocycles. The molecule has 8 heteroatoms. The molecule has 0 aliphatic carbocycles. The first kappa shape index (κ1) is 20.5. The van der Waals surface area contributed by atoms with Gasteiger partial charge < -0.3 is 23.1 Å². The van der Waals surface area contributed by atoms with Crippen molar-refractivity contribution >= 4 is 25.0 Å². The van der Waals surface area contributed by atoms with Crippen LogP contribution >= 0.6 is 0 Å². The molecule has 1 N–H and O–H groups in total. The van der Waals surface area contributed by atoms with E-state index in [0.29, 0.717) is 6.61 Å². The molecular formula is C14H34O5Si3. The molecule has 0 radical (unpaired) electrons. The molecule has 0 aromatic rings. The number of rotatable bonds is 7. The van der Waals surface area contributed by atoms with Crippen LogP contribution in [0.1, 0.15) is 0 Å². The van der Waals surface area contributed by atoms with Gasteiger partial charge in [-0.2, -0.15) is 0 Å². The van der Waals surface area contributed by atoms with E-state index < -0.39 is 37.3 Å². The summed E-state index contributed by atoms with van der Waals surface area (Å²) in [6, 6.07) is 0. The van der Waals surface area contributed by atoms with Crippen LogP contribution in [-0.4, -0.2) is 61.3 Å². The van der Waals surface area contributed by atoms with Crippen LogP contribution in [0.2, 0.25) is 58.9 Å². The summed E-state index contributed by atoms with van der Waals surface area (Å²) in [5, 5.41) is 10.3. The molecule has 1 aliphatic rings. The lowest BCUT2D eigenvalue weighted by Crippen LogP contribution is -2.49. The van der Waals surface area contributed by atoms with Crippen LogP contribution < -0.4 is 0 Å². The van der Waals surface area contributed by atoms with Crippen molar-refractivity contribution in [3.05, 3.63) is 0 Å². The van der Waals surface area contributed by atoms with E-state index in [1.165, 1.54) is 0 Å². The standard InChI is InChI=1S/C14H34O5Si3/c1-20(2,3)16-10-11-12(18-21(4,5)6)13(14(15)17-11)19-22(7,8)9/h11-15H,10H2,1-9H3/t11-,12-,13+,14+/m1/s1. The Morgan fingerprint density at radius 2 is 1.23 bits per heavy atom. The third-order valence-electron chi connectivity index (χ3n) is 2.95. The van der Waals surface area contributed by atoms with Crippen LogP contribution in [0.25, 0.3) is 0 Å². The second-order valence-electron chi connectivity index (χ2n) is 8.88. The number of hydrogen-bond donors (Lipinski definition) is 1. The van der Waals surface area contributed by atoms with Crippen molar-refractivity contribution in [2.24, 2.45) is 0 Å². The highest BCUT2D eigenvalue weighted by Crippen LogP contribution is 2.30. The predicted molar refractivity (Wildman–Crippen MR) is 96.6 cm³/mol. The third kappa shape index (κ3) is 7.35. The zero-order chi connectivity index (χ0) is 17.3. The molecule has 4 atom stereocenters. The fraction of sp³-hybridized carbons (Fsp3) is 1.00. The minimum absolute atomic E-state index is 0.259. The smallest absolute Gasteiger partial charge is 0.184 e. The first-order valence-corrected chi connectivity index (χ1v) is 18.2. The van der Waals surface area contributed by atoms with Crippen molar-refractivity contribution in [2.75, 3.05) is 6.61 Å². The number of ether oxygens (including phenoxy) is 1. The fourth-order valence-electron chi connectivity index (χ4n) is 2.26. The Kier molecular flexibility index (Phi) is 6.65. The van der Waals surface area contributed by atoms with E-state index in [9.17, 15) is 5.11 Å². The highest BCUT2D eigenvalue weighted by atomic mass is 28.4. The first-order valence-electron chi connectivity index (χ1n) is 8.01. The number of aliphatic hydroxyl groups excluding tert-OH is 1. The van der Waals surface area contributed by atoms with Gasteiger partial charge in [0.05, 0.1) is 6.61 Å². The van der Waals surface area contributed by atoms with Gasteiger partial charge in [-0.05, 0) is 58.9 Å². The topological polar surface area (TPSA) is 57.2 Å². The van der Waals surface area contributed by atoms with Crippen LogP contribution in [0, 0.1) is 0 Å². The summed E-state index contributed by atoms with van der Waals surface area (Å²) < 4.78 is 24.1. The van der Waals surface area contributed by atoms with E-state index in [1.54, 1.807) is 0 Å². The summed E-state index contributed by atoms with van der Waals surface area (Å²) in [5.41, 5.74) is 0. The molecule has 0 spiro atoms. The van der Waals surface area contributed by atoms with Gasteiger partial charge in [-0.3, -0.25) is 0 Å². The van der Waals surface area contributed by atoms with Gasteiger partial charge in [0.1, 0.15) is 18.3 Å². The summed E-state index contributed by atoms with van der Waals surface area (Å²) in [6.07, 6.45) is -1.89. The molecule has 132 valence electrons. The van der Waals surface area contributed by atoms with E-state index in [4.69, 9.17) is 18.0 Å². The molecule has 5 nitrogen and oxygen atoms in total. The molecule has 1 fully saturated rings. The first-order chi connectivity index (χ1) is 9.68. The molecule has 0 aromatic heterocycles. The van der Waals surface area contributed by atoms with Crippen LogP contribution in [0.5, 0.6) is 0 Å². The lowest BCUT2D eigenvalue weighted by atomic mass is 10.1. The van der Waals surface area contributed by atoms with Gasteiger partial charge in [0, 0.05) is 0 Å². The van der Waals surface area contributed by atoms with Gasteiger partial charge in [-0.1, -0.05) is 0 Å². The van der Waals surface area contributed by atoms with Crippen LogP contribution in [-0.2, 0) is 18.0 Å². The molecule has 0 amide bonds. The molecule has 0 bridgehead atoms. The van der Waals surface area contributed by atoms with E-state index in [2.05, 4.69) is 58.9 Å². The molecule has 1 aliphatic heterocycles. The zero-order valence-electron chi connectivity index (χ0n) is 15.6. The molecule has 0 saturated carbocycles. The van der Waals surface area contributed by atoms with Crippen molar-refractivity contribution in [1.82, 2.24) is 0 Å². The fourth-order valence-corrected chi connectivity index (χ4v) is 5.09. The number of hydrogen-bond acceptors (Lipinski definition) is 5. The summed E-state index contributed by atoms with van der Waals surface area (Å²) in [7, 11) is -5.23. The van der Waals surface area contributed by atoms with Gasteiger partial charge in [0.15, 0.2) is 31.2 Å². The Hall–Kier alpha value is 0.451. The summed E-state index contributed by atoms with van der Waals surface area (Å²) >= 11 is 0. The van der Waals surface area contributed by atoms with Crippen molar-refractivity contribution in [3.8, 4) is 0 Å². The zero-order valence-corrected chi connectivity index (χ0v) is 18.6. The van der Waals surface area contributed by atoms with E-state index >= 15 is 0 Å². The minimum Gasteiger partial charge on any atom is -0.415 e. The highest BCUT2D eigenvalue weighted by Gasteiger charge is 2.48. The Morgan fingerprint density at radius 1 is 0.773 bits per heavy atom.